The number of nitrogens with zero attached hydrogens (tertiary/aromatic N) is 2. The first-order valence-electron chi connectivity index (χ1n) is 11.4. The van der Waals surface area contributed by atoms with E-state index in [-0.39, 0.29) is 35.1 Å². The summed E-state index contributed by atoms with van der Waals surface area (Å²) in [5, 5.41) is 12.6. The van der Waals surface area contributed by atoms with Crippen LogP contribution in [-0.2, 0) is 25.8 Å². The number of β-amino-alcohol motifs (C(OH)–C–C–N with tert-alkyl or cyclic N) is 1. The van der Waals surface area contributed by atoms with E-state index in [0.717, 1.165) is 29.7 Å². The molecule has 1 fully saturated rings. The second kappa shape index (κ2) is 9.48. The molecule has 0 aliphatic carbocycles. The zero-order valence-electron chi connectivity index (χ0n) is 19.7. The second-order valence-electron chi connectivity index (χ2n) is 9.46. The van der Waals surface area contributed by atoms with Crippen molar-refractivity contribution in [3.8, 4) is 0 Å². The van der Waals surface area contributed by atoms with Crippen molar-refractivity contribution in [1.29, 1.82) is 0 Å². The highest BCUT2D eigenvalue weighted by atomic mass is 32.2. The number of aliphatic hydroxyl groups is 1. The van der Waals surface area contributed by atoms with Gasteiger partial charge in [0.2, 0.25) is 11.8 Å². The van der Waals surface area contributed by atoms with Crippen LogP contribution in [-0.4, -0.2) is 73.7 Å². The van der Waals surface area contributed by atoms with Gasteiger partial charge in [-0.25, -0.2) is 8.42 Å². The van der Waals surface area contributed by atoms with E-state index in [4.69, 9.17) is 0 Å². The molecule has 0 aromatic heterocycles. The minimum atomic E-state index is -3.66. The van der Waals surface area contributed by atoms with Crippen molar-refractivity contribution in [3.63, 3.8) is 0 Å². The number of carbonyl (C=O) groups is 2. The number of aryl methyl sites for hydroxylation is 2. The van der Waals surface area contributed by atoms with Crippen LogP contribution in [0.3, 0.4) is 0 Å². The third-order valence-electron chi connectivity index (χ3n) is 6.50. The Kier molecular flexibility index (Phi) is 6.80. The highest BCUT2D eigenvalue weighted by Gasteiger charge is 2.30. The minimum Gasteiger partial charge on any atom is -0.392 e. The molecule has 2 aromatic carbocycles. The van der Waals surface area contributed by atoms with Crippen LogP contribution in [0.2, 0.25) is 0 Å². The summed E-state index contributed by atoms with van der Waals surface area (Å²) in [4.78, 5) is 29.1. The van der Waals surface area contributed by atoms with Crippen LogP contribution < -0.4 is 5.32 Å². The van der Waals surface area contributed by atoms with Gasteiger partial charge in [-0.1, -0.05) is 35.4 Å². The lowest BCUT2D eigenvalue weighted by molar-refractivity contribution is -0.131. The fraction of sp³-hybridized carbons (Fsp3) is 0.440. The Morgan fingerprint density at radius 3 is 2.56 bits per heavy atom. The lowest BCUT2D eigenvalue weighted by Crippen LogP contribution is -2.39. The van der Waals surface area contributed by atoms with E-state index in [1.54, 1.807) is 24.1 Å². The van der Waals surface area contributed by atoms with E-state index in [2.05, 4.69) is 28.4 Å². The summed E-state index contributed by atoms with van der Waals surface area (Å²) in [6, 6.07) is 10.7. The molecule has 0 unspecified atom stereocenters. The molecule has 2 aromatic rings. The number of likely N-dealkylation sites (tertiary alicyclic amines) is 1. The number of hydrogen-bond donors (Lipinski definition) is 2. The van der Waals surface area contributed by atoms with Gasteiger partial charge in [-0.2, -0.15) is 0 Å². The van der Waals surface area contributed by atoms with Crippen LogP contribution in [0.4, 0.5) is 5.69 Å². The fourth-order valence-electron chi connectivity index (χ4n) is 4.84. The summed E-state index contributed by atoms with van der Waals surface area (Å²) in [7, 11) is -1.88. The quantitative estimate of drug-likeness (QED) is 0.647. The van der Waals surface area contributed by atoms with Crippen molar-refractivity contribution < 1.29 is 23.1 Å². The predicted octanol–water partition coefficient (Wildman–Crippen LogP) is 1.84. The molecule has 2 amide bonds. The molecule has 2 atom stereocenters. The summed E-state index contributed by atoms with van der Waals surface area (Å²) >= 11 is 0. The largest absolute Gasteiger partial charge is 0.392 e. The number of amides is 2. The molecular formula is C25H31N3O5S. The molecule has 2 aliphatic rings. The third kappa shape index (κ3) is 5.32. The normalized spacial score (nSPS) is 20.5. The molecule has 34 heavy (non-hydrogen) atoms. The van der Waals surface area contributed by atoms with Gasteiger partial charge in [-0.05, 0) is 43.5 Å². The molecule has 4 rings (SSSR count). The molecule has 182 valence electrons. The van der Waals surface area contributed by atoms with Crippen molar-refractivity contribution in [2.45, 2.75) is 43.7 Å². The van der Waals surface area contributed by atoms with Gasteiger partial charge in [-0.3, -0.25) is 14.5 Å². The first-order chi connectivity index (χ1) is 16.0. The number of fused-ring (bicyclic) bond motifs is 1. The molecule has 9 heteroatoms. The Morgan fingerprint density at radius 1 is 1.21 bits per heavy atom. The van der Waals surface area contributed by atoms with Gasteiger partial charge in [0.25, 0.3) is 0 Å². The smallest absolute Gasteiger partial charge is 0.239 e. The zero-order valence-corrected chi connectivity index (χ0v) is 20.6. The van der Waals surface area contributed by atoms with Gasteiger partial charge >= 0.3 is 0 Å². The van der Waals surface area contributed by atoms with Gasteiger partial charge in [0.05, 0.1) is 29.1 Å². The van der Waals surface area contributed by atoms with Crippen LogP contribution in [0.5, 0.6) is 0 Å². The van der Waals surface area contributed by atoms with Gasteiger partial charge < -0.3 is 15.3 Å². The van der Waals surface area contributed by atoms with Crippen LogP contribution in [0.25, 0.3) is 0 Å². The van der Waals surface area contributed by atoms with Crippen molar-refractivity contribution in [1.82, 2.24) is 9.80 Å². The van der Waals surface area contributed by atoms with Gasteiger partial charge in [0.15, 0.2) is 9.84 Å². The molecule has 2 aliphatic heterocycles. The van der Waals surface area contributed by atoms with Gasteiger partial charge in [0, 0.05) is 26.7 Å². The Labute approximate surface area is 200 Å². The molecule has 2 N–H and O–H groups in total. The molecule has 2 heterocycles. The Morgan fingerprint density at radius 2 is 1.91 bits per heavy atom. The maximum atomic E-state index is 13.3. The van der Waals surface area contributed by atoms with Crippen molar-refractivity contribution in [2.24, 2.45) is 0 Å². The highest BCUT2D eigenvalue weighted by Crippen LogP contribution is 2.29. The van der Waals surface area contributed by atoms with Gasteiger partial charge in [0.1, 0.15) is 5.75 Å². The van der Waals surface area contributed by atoms with Crippen molar-refractivity contribution >= 4 is 27.3 Å². The number of nitrogens with one attached hydrogen (secondary N) is 1. The average Bonchev–Trinajstić information content (AvgIpc) is 3.14. The molecule has 0 radical (unpaired) electrons. The summed E-state index contributed by atoms with van der Waals surface area (Å²) in [5.41, 5.74) is 4.13. The van der Waals surface area contributed by atoms with Crippen molar-refractivity contribution in [3.05, 3.63) is 58.7 Å². The number of likely N-dealkylation sites (N-methyl/N-ethyl adjacent to an activating group) is 1. The second-order valence-corrected chi connectivity index (χ2v) is 11.4. The number of carbonyl (C=O) groups excluding carboxylic acids is 2. The monoisotopic (exact) mass is 485 g/mol. The van der Waals surface area contributed by atoms with Crippen molar-refractivity contribution in [2.75, 3.05) is 37.8 Å². The van der Waals surface area contributed by atoms with E-state index in [9.17, 15) is 23.1 Å². The number of rotatable bonds is 6. The minimum absolute atomic E-state index is 0.0730. The van der Waals surface area contributed by atoms with E-state index >= 15 is 0 Å². The van der Waals surface area contributed by atoms with Crippen LogP contribution in [0, 0.1) is 13.8 Å². The molecule has 0 bridgehead atoms. The van der Waals surface area contributed by atoms with Gasteiger partial charge in [-0.15, -0.1) is 0 Å². The maximum absolute atomic E-state index is 13.3. The van der Waals surface area contributed by atoms with E-state index in [1.807, 2.05) is 13.8 Å². The first-order valence-corrected chi connectivity index (χ1v) is 13.1. The van der Waals surface area contributed by atoms with Crippen LogP contribution >= 0.6 is 0 Å². The molecule has 1 saturated heterocycles. The number of aliphatic hydroxyl groups excluding tert-OH is 1. The third-order valence-corrected chi connectivity index (χ3v) is 8.17. The molecule has 0 spiro atoms. The Balaban J connectivity index is 1.57. The standard InChI is InChI=1S/C25H31N3O5S/c1-16-8-17(2)10-19(9-16)22(14-28-7-6-20(29)13-28)27(3)25(31)12-18-4-5-23-21(11-18)26-24(30)15-34(23,32)33/h4-5,8-11,20,22,29H,6-7,12-15H2,1-3H3,(H,26,30)/t20-,22-/m1/s1. The molecular weight excluding hydrogens is 454 g/mol. The zero-order chi connectivity index (χ0) is 24.6. The Hall–Kier alpha value is -2.75. The number of sulfone groups is 1. The summed E-state index contributed by atoms with van der Waals surface area (Å²) in [5.74, 6) is -1.26. The maximum Gasteiger partial charge on any atom is 0.239 e. The number of benzene rings is 2. The highest BCUT2D eigenvalue weighted by molar-refractivity contribution is 7.92. The summed E-state index contributed by atoms with van der Waals surface area (Å²) in [6.07, 6.45) is 0.452. The first kappa shape index (κ1) is 24.4. The predicted molar refractivity (Wildman–Crippen MR) is 129 cm³/mol. The Bertz CT molecular complexity index is 1210. The topological polar surface area (TPSA) is 107 Å². The molecule has 0 saturated carbocycles. The molecule has 8 nitrogen and oxygen atoms in total. The lowest BCUT2D eigenvalue weighted by Gasteiger charge is -2.32. The SMILES string of the molecule is Cc1cc(C)cc([C@@H](CN2CC[C@@H](O)C2)N(C)C(=O)Cc2ccc3c(c2)NC(=O)CS3(=O)=O)c1. The number of anilines is 1. The number of hydrogen-bond acceptors (Lipinski definition) is 6. The van der Waals surface area contributed by atoms with Crippen LogP contribution in [0.15, 0.2) is 41.3 Å². The average molecular weight is 486 g/mol. The fourth-order valence-corrected chi connectivity index (χ4v) is 6.14. The van der Waals surface area contributed by atoms with E-state index in [0.29, 0.717) is 18.7 Å². The summed E-state index contributed by atoms with van der Waals surface area (Å²) < 4.78 is 24.5. The van der Waals surface area contributed by atoms with Crippen LogP contribution in [0.1, 0.15) is 34.7 Å². The van der Waals surface area contributed by atoms with E-state index in [1.165, 1.54) is 6.07 Å². The summed E-state index contributed by atoms with van der Waals surface area (Å²) in [6.45, 7) is 6.04. The van der Waals surface area contributed by atoms with E-state index < -0.39 is 21.5 Å². The lowest BCUT2D eigenvalue weighted by atomic mass is 9.99.